The fourth-order valence-electron chi connectivity index (χ4n) is 1.48. The van der Waals surface area contributed by atoms with E-state index in [9.17, 15) is 0 Å². The molecule has 14 heavy (non-hydrogen) atoms. The molecule has 2 rings (SSSR count). The molecule has 0 spiro atoms. The highest BCUT2D eigenvalue weighted by atomic mass is 35.5. The van der Waals surface area contributed by atoms with Gasteiger partial charge in [0, 0.05) is 6.54 Å². The molecule has 0 amide bonds. The van der Waals surface area contributed by atoms with Crippen LogP contribution in [0.1, 0.15) is 6.92 Å². The SMILES string of the molecule is CC1COCCN1c1cnnc(Cl)n1. The monoisotopic (exact) mass is 214 g/mol. The van der Waals surface area contributed by atoms with Crippen LogP contribution in [-0.4, -0.2) is 41.0 Å². The second-order valence-electron chi connectivity index (χ2n) is 3.20. The molecule has 6 heteroatoms. The van der Waals surface area contributed by atoms with E-state index in [1.54, 1.807) is 6.20 Å². The largest absolute Gasteiger partial charge is 0.377 e. The quantitative estimate of drug-likeness (QED) is 0.691. The normalized spacial score (nSPS) is 22.4. The van der Waals surface area contributed by atoms with E-state index in [0.29, 0.717) is 19.3 Å². The van der Waals surface area contributed by atoms with Gasteiger partial charge in [0.05, 0.1) is 25.5 Å². The number of nitrogens with zero attached hydrogens (tertiary/aromatic N) is 4. The summed E-state index contributed by atoms with van der Waals surface area (Å²) in [5, 5.41) is 7.55. The van der Waals surface area contributed by atoms with E-state index in [4.69, 9.17) is 16.3 Å². The lowest BCUT2D eigenvalue weighted by molar-refractivity contribution is 0.0985. The first kappa shape index (κ1) is 9.61. The Bertz CT molecular complexity index is 322. The molecule has 1 aromatic heterocycles. The summed E-state index contributed by atoms with van der Waals surface area (Å²) in [6.07, 6.45) is 1.62. The van der Waals surface area contributed by atoms with Crippen molar-refractivity contribution in [3.63, 3.8) is 0 Å². The summed E-state index contributed by atoms with van der Waals surface area (Å²) in [7, 11) is 0. The van der Waals surface area contributed by atoms with E-state index in [1.165, 1.54) is 0 Å². The van der Waals surface area contributed by atoms with E-state index < -0.39 is 0 Å². The Morgan fingerprint density at radius 3 is 3.21 bits per heavy atom. The van der Waals surface area contributed by atoms with Crippen molar-refractivity contribution in [1.29, 1.82) is 0 Å². The van der Waals surface area contributed by atoms with Crippen LogP contribution in [0, 0.1) is 0 Å². The zero-order valence-corrected chi connectivity index (χ0v) is 8.61. The summed E-state index contributed by atoms with van der Waals surface area (Å²) >= 11 is 5.67. The molecule has 0 bridgehead atoms. The number of aromatic nitrogens is 3. The Morgan fingerprint density at radius 1 is 1.64 bits per heavy atom. The molecule has 2 heterocycles. The summed E-state index contributed by atoms with van der Waals surface area (Å²) in [5.74, 6) is 0.765. The van der Waals surface area contributed by atoms with Gasteiger partial charge in [-0.2, -0.15) is 10.1 Å². The van der Waals surface area contributed by atoms with Gasteiger partial charge in [0.2, 0.25) is 5.28 Å². The van der Waals surface area contributed by atoms with Gasteiger partial charge in [-0.15, -0.1) is 5.10 Å². The summed E-state index contributed by atoms with van der Waals surface area (Å²) < 4.78 is 5.33. The van der Waals surface area contributed by atoms with Gasteiger partial charge in [0.15, 0.2) is 5.82 Å². The van der Waals surface area contributed by atoms with Crippen LogP contribution >= 0.6 is 11.6 Å². The smallest absolute Gasteiger partial charge is 0.244 e. The van der Waals surface area contributed by atoms with Crippen LogP contribution in [0.3, 0.4) is 0 Å². The maximum Gasteiger partial charge on any atom is 0.244 e. The predicted molar refractivity (Wildman–Crippen MR) is 52.5 cm³/mol. The highest BCUT2D eigenvalue weighted by molar-refractivity contribution is 6.28. The van der Waals surface area contributed by atoms with Crippen molar-refractivity contribution in [3.05, 3.63) is 11.5 Å². The molecule has 1 unspecified atom stereocenters. The van der Waals surface area contributed by atoms with Gasteiger partial charge >= 0.3 is 0 Å². The summed E-state index contributed by atoms with van der Waals surface area (Å²) in [5.41, 5.74) is 0. The van der Waals surface area contributed by atoms with Gasteiger partial charge in [-0.25, -0.2) is 0 Å². The number of rotatable bonds is 1. The average Bonchev–Trinajstić information content (AvgIpc) is 2.18. The Kier molecular flexibility index (Phi) is 2.79. The van der Waals surface area contributed by atoms with Gasteiger partial charge in [-0.3, -0.25) is 0 Å². The first-order chi connectivity index (χ1) is 6.77. The highest BCUT2D eigenvalue weighted by Gasteiger charge is 2.20. The number of hydrogen-bond acceptors (Lipinski definition) is 5. The van der Waals surface area contributed by atoms with Crippen molar-refractivity contribution < 1.29 is 4.74 Å². The molecule has 1 aliphatic rings. The second-order valence-corrected chi connectivity index (χ2v) is 3.54. The lowest BCUT2D eigenvalue weighted by atomic mass is 10.2. The zero-order valence-electron chi connectivity index (χ0n) is 7.85. The third-order valence-electron chi connectivity index (χ3n) is 2.18. The number of anilines is 1. The second kappa shape index (κ2) is 4.06. The number of halogens is 1. The molecule has 1 fully saturated rings. The minimum atomic E-state index is 0.182. The minimum Gasteiger partial charge on any atom is -0.377 e. The average molecular weight is 215 g/mol. The molecular formula is C8H11ClN4O. The van der Waals surface area contributed by atoms with Crippen molar-refractivity contribution in [2.24, 2.45) is 0 Å². The topological polar surface area (TPSA) is 51.1 Å². The van der Waals surface area contributed by atoms with Crippen molar-refractivity contribution in [3.8, 4) is 0 Å². The number of morpholine rings is 1. The zero-order chi connectivity index (χ0) is 9.97. The maximum atomic E-state index is 5.67. The molecule has 0 N–H and O–H groups in total. The molecule has 0 aliphatic carbocycles. The highest BCUT2D eigenvalue weighted by Crippen LogP contribution is 2.16. The van der Waals surface area contributed by atoms with Crippen LogP contribution in [0.4, 0.5) is 5.82 Å². The molecule has 0 radical (unpaired) electrons. The summed E-state index contributed by atoms with van der Waals surface area (Å²) in [6, 6.07) is 0.302. The van der Waals surface area contributed by atoms with E-state index >= 15 is 0 Å². The van der Waals surface area contributed by atoms with Crippen LogP contribution in [0.5, 0.6) is 0 Å². The molecule has 1 atom stereocenters. The Morgan fingerprint density at radius 2 is 2.50 bits per heavy atom. The standard InChI is InChI=1S/C8H11ClN4O/c1-6-5-14-3-2-13(6)7-4-10-12-8(9)11-7/h4,6H,2-3,5H2,1H3. The first-order valence-corrected chi connectivity index (χ1v) is 4.85. The van der Waals surface area contributed by atoms with Crippen LogP contribution in [0.25, 0.3) is 0 Å². The predicted octanol–water partition coefficient (Wildman–Crippen LogP) is 0.750. The Balaban J connectivity index is 2.20. The van der Waals surface area contributed by atoms with Crippen molar-refractivity contribution in [2.45, 2.75) is 13.0 Å². The third-order valence-corrected chi connectivity index (χ3v) is 2.34. The van der Waals surface area contributed by atoms with Crippen LogP contribution < -0.4 is 4.90 Å². The van der Waals surface area contributed by atoms with Crippen LogP contribution in [0.15, 0.2) is 6.20 Å². The van der Waals surface area contributed by atoms with E-state index in [1.807, 2.05) is 0 Å². The molecule has 1 aliphatic heterocycles. The lowest BCUT2D eigenvalue weighted by Crippen LogP contribution is -2.44. The van der Waals surface area contributed by atoms with Crippen LogP contribution in [-0.2, 0) is 4.74 Å². The molecular weight excluding hydrogens is 204 g/mol. The molecule has 76 valence electrons. The molecule has 0 saturated carbocycles. The number of hydrogen-bond donors (Lipinski definition) is 0. The first-order valence-electron chi connectivity index (χ1n) is 4.47. The van der Waals surface area contributed by atoms with E-state index in [0.717, 1.165) is 12.4 Å². The molecule has 1 saturated heterocycles. The Hall–Kier alpha value is -0.940. The maximum absolute atomic E-state index is 5.67. The lowest BCUT2D eigenvalue weighted by Gasteiger charge is -2.33. The fraction of sp³-hybridized carbons (Fsp3) is 0.625. The summed E-state index contributed by atoms with van der Waals surface area (Å²) in [6.45, 7) is 4.32. The van der Waals surface area contributed by atoms with Gasteiger partial charge in [-0.1, -0.05) is 0 Å². The summed E-state index contributed by atoms with van der Waals surface area (Å²) in [4.78, 5) is 6.22. The number of ether oxygens (including phenoxy) is 1. The van der Waals surface area contributed by atoms with Gasteiger partial charge in [0.25, 0.3) is 0 Å². The van der Waals surface area contributed by atoms with Crippen LogP contribution in [0.2, 0.25) is 5.28 Å². The van der Waals surface area contributed by atoms with Crippen molar-refractivity contribution in [2.75, 3.05) is 24.7 Å². The molecule has 0 aromatic carbocycles. The van der Waals surface area contributed by atoms with E-state index in [-0.39, 0.29) is 5.28 Å². The minimum absolute atomic E-state index is 0.182. The fourth-order valence-corrected chi connectivity index (χ4v) is 1.61. The Labute approximate surface area is 87.1 Å². The third kappa shape index (κ3) is 1.93. The van der Waals surface area contributed by atoms with E-state index in [2.05, 4.69) is 27.0 Å². The molecule has 1 aromatic rings. The van der Waals surface area contributed by atoms with Gasteiger partial charge in [-0.05, 0) is 18.5 Å². The molecule has 5 nitrogen and oxygen atoms in total. The van der Waals surface area contributed by atoms with Gasteiger partial charge < -0.3 is 9.64 Å². The van der Waals surface area contributed by atoms with Crippen molar-refractivity contribution in [1.82, 2.24) is 15.2 Å². The van der Waals surface area contributed by atoms with Gasteiger partial charge in [0.1, 0.15) is 0 Å². The van der Waals surface area contributed by atoms with Crippen molar-refractivity contribution >= 4 is 17.4 Å².